The van der Waals surface area contributed by atoms with Crippen molar-refractivity contribution in [1.29, 1.82) is 0 Å². The van der Waals surface area contributed by atoms with E-state index in [2.05, 4.69) is 0 Å². The van der Waals surface area contributed by atoms with Gasteiger partial charge in [0.1, 0.15) is 0 Å². The first-order valence-corrected chi connectivity index (χ1v) is 2.35. The maximum absolute atomic E-state index is 8.88. The van der Waals surface area contributed by atoms with Gasteiger partial charge in [0, 0.05) is 0 Å². The Balaban J connectivity index is 3.47. The predicted octanol–water partition coefficient (Wildman–Crippen LogP) is -0.929. The Morgan fingerprint density at radius 3 is 1.20 bits per heavy atom. The van der Waals surface area contributed by atoms with Crippen molar-refractivity contribution in [3.8, 4) is 0 Å². The Morgan fingerprint density at radius 2 is 1.20 bits per heavy atom. The molecule has 0 aromatic heterocycles. The summed E-state index contributed by atoms with van der Waals surface area (Å²) in [6.45, 7) is 0. The van der Waals surface area contributed by atoms with Crippen LogP contribution in [0.3, 0.4) is 0 Å². The lowest BCUT2D eigenvalue weighted by molar-refractivity contribution is 0.275. The minimum absolute atomic E-state index is 4.64. The molecule has 0 heterocycles. The predicted molar refractivity (Wildman–Crippen MR) is 14.3 cm³/mol. The molecule has 32 valence electrons. The van der Waals surface area contributed by atoms with E-state index in [4.69, 9.17) is 19.2 Å². The molecule has 0 radical (unpaired) electrons. The number of phosphoric acid groups is 1. The first-order chi connectivity index (χ1) is 2.00. The van der Waals surface area contributed by atoms with Crippen LogP contribution in [0.5, 0.6) is 0 Å². The number of hydrogen-bond donors (Lipinski definition) is 3. The van der Waals surface area contributed by atoms with E-state index in [9.17, 15) is 0 Å². The highest BCUT2D eigenvalue weighted by Crippen LogP contribution is 2.25. The van der Waals surface area contributed by atoms with Gasteiger partial charge in [-0.3, -0.25) is 0 Å². The van der Waals surface area contributed by atoms with Crippen molar-refractivity contribution < 1.29 is 19.2 Å². The Labute approximate surface area is 28.3 Å². The molecule has 0 unspecified atom stereocenters. The maximum Gasteiger partial charge on any atom is 0.466 e. The summed E-state index contributed by atoms with van der Waals surface area (Å²) in [4.78, 5) is 21.6. The summed E-state index contributed by atoms with van der Waals surface area (Å²) in [5.41, 5.74) is 0. The molecular weight excluding hydrogens is 99.0 g/mol. The fourth-order valence-corrected chi connectivity index (χ4v) is 0. The first kappa shape index (κ1) is 5.11. The summed E-state index contributed by atoms with van der Waals surface area (Å²) in [5, 5.41) is 0. The normalized spacial score (nSPS) is 11.8. The zero-order valence-electron chi connectivity index (χ0n) is 2.20. The molecule has 0 rings (SSSR count). The van der Waals surface area contributed by atoms with Crippen molar-refractivity contribution in [3.63, 3.8) is 0 Å². The fraction of sp³-hybridized carbons (Fsp3) is 0. The summed E-state index contributed by atoms with van der Waals surface area (Å²) in [6.07, 6.45) is 0. The highest BCUT2D eigenvalue weighted by atomic mass is 35.2. The van der Waals surface area contributed by atoms with Gasteiger partial charge < -0.3 is 14.7 Å². The lowest BCUT2D eigenvalue weighted by Gasteiger charge is -1.82. The van der Waals surface area contributed by atoms with Gasteiger partial charge in [-0.2, -0.15) is 0 Å². The van der Waals surface area contributed by atoms with E-state index in [0.717, 1.165) is 0 Å². The number of rotatable bonds is 0. The summed E-state index contributed by atoms with van der Waals surface area (Å²) in [5.74, 6) is 0. The second kappa shape index (κ2) is 1.06. The summed E-state index contributed by atoms with van der Waals surface area (Å²) in [6, 6.07) is 0. The van der Waals surface area contributed by atoms with Crippen LogP contribution in [0.2, 0.25) is 0 Å². The van der Waals surface area contributed by atoms with Crippen molar-refractivity contribution in [1.82, 2.24) is 0 Å². The average molecular weight is 102 g/mol. The van der Waals surface area contributed by atoms with Crippen LogP contribution in [-0.2, 0) is 4.57 Å². The van der Waals surface area contributed by atoms with E-state index < -0.39 is 7.82 Å². The third-order valence-corrected chi connectivity index (χ3v) is 0. The first-order valence-electron chi connectivity index (χ1n) is 0.783. The van der Waals surface area contributed by atoms with Crippen LogP contribution >= 0.6 is 7.82 Å². The SMILES string of the molecule is O=[35P](O)(O)O. The van der Waals surface area contributed by atoms with Gasteiger partial charge in [0.05, 0.1) is 0 Å². The molecule has 5 heteroatoms. The zero-order chi connectivity index (χ0) is 4.50. The van der Waals surface area contributed by atoms with Gasteiger partial charge in [-0.25, -0.2) is 4.57 Å². The smallest absolute Gasteiger partial charge is 0.303 e. The standard InChI is InChI=1S/H3O4P/c1-5(2,3)4/h(H3,1,2,3,4)/i5+4. The van der Waals surface area contributed by atoms with Gasteiger partial charge >= 0.3 is 7.82 Å². The van der Waals surface area contributed by atoms with Gasteiger partial charge in [-0.15, -0.1) is 0 Å². The highest BCUT2D eigenvalue weighted by Gasteiger charge is 2.00. The summed E-state index contributed by atoms with van der Waals surface area (Å²) in [7, 11) is -4.64. The molecule has 4 nitrogen and oxygen atoms in total. The minimum Gasteiger partial charge on any atom is -0.303 e. The molecule has 0 saturated heterocycles. The Bertz CT molecular complexity index is 49.8. The van der Waals surface area contributed by atoms with E-state index in [1.54, 1.807) is 0 Å². The van der Waals surface area contributed by atoms with E-state index in [0.29, 0.717) is 0 Å². The molecule has 0 aliphatic heterocycles. The molecule has 0 bridgehead atoms. The molecule has 0 saturated carbocycles. The molecule has 0 amide bonds. The molecular formula is H3O4P. The van der Waals surface area contributed by atoms with Gasteiger partial charge in [-0.05, 0) is 0 Å². The third-order valence-electron chi connectivity index (χ3n) is 0. The molecule has 0 aliphatic rings. The van der Waals surface area contributed by atoms with Crippen molar-refractivity contribution in [2.75, 3.05) is 0 Å². The molecule has 0 fully saturated rings. The summed E-state index contributed by atoms with van der Waals surface area (Å²) < 4.78 is 8.88. The van der Waals surface area contributed by atoms with Crippen molar-refractivity contribution in [2.45, 2.75) is 0 Å². The highest BCUT2D eigenvalue weighted by molar-refractivity contribution is 7.45. The largest absolute Gasteiger partial charge is 0.466 e. The van der Waals surface area contributed by atoms with Crippen LogP contribution in [0.1, 0.15) is 0 Å². The second-order valence-corrected chi connectivity index (χ2v) is 1.54. The maximum atomic E-state index is 8.88. The van der Waals surface area contributed by atoms with Crippen molar-refractivity contribution >= 4 is 7.82 Å². The van der Waals surface area contributed by atoms with Crippen molar-refractivity contribution in [2.24, 2.45) is 0 Å². The Hall–Kier alpha value is 0.110. The molecule has 3 N–H and O–H groups in total. The lowest BCUT2D eigenvalue weighted by Crippen LogP contribution is -1.66. The quantitative estimate of drug-likeness (QED) is 0.345. The molecule has 0 aromatic rings. The van der Waals surface area contributed by atoms with Crippen LogP contribution in [0.4, 0.5) is 0 Å². The van der Waals surface area contributed by atoms with E-state index in [1.165, 1.54) is 0 Å². The van der Waals surface area contributed by atoms with Gasteiger partial charge in [0.2, 0.25) is 0 Å². The molecule has 5 heavy (non-hydrogen) atoms. The average Bonchev–Trinajstić information content (AvgIpc) is 0.722. The molecule has 0 spiro atoms. The minimum atomic E-state index is -4.64. The van der Waals surface area contributed by atoms with Gasteiger partial charge in [0.15, 0.2) is 0 Å². The van der Waals surface area contributed by atoms with Crippen LogP contribution in [0.15, 0.2) is 0 Å². The van der Waals surface area contributed by atoms with Crippen LogP contribution in [-0.4, -0.2) is 14.7 Å². The van der Waals surface area contributed by atoms with Crippen molar-refractivity contribution in [3.05, 3.63) is 0 Å². The van der Waals surface area contributed by atoms with Gasteiger partial charge in [-0.1, -0.05) is 0 Å². The zero-order valence-corrected chi connectivity index (χ0v) is 3.09. The van der Waals surface area contributed by atoms with E-state index >= 15 is 0 Å². The second-order valence-electron chi connectivity index (χ2n) is 0.513. The Morgan fingerprint density at radius 1 is 1.20 bits per heavy atom. The Kier molecular flexibility index (Phi) is 1.09. The van der Waals surface area contributed by atoms with Gasteiger partial charge in [0.25, 0.3) is 0 Å². The van der Waals surface area contributed by atoms with Crippen LogP contribution in [0.25, 0.3) is 0 Å². The van der Waals surface area contributed by atoms with E-state index in [1.807, 2.05) is 0 Å². The van der Waals surface area contributed by atoms with E-state index in [-0.39, 0.29) is 0 Å². The molecule has 0 aromatic carbocycles. The summed E-state index contributed by atoms with van der Waals surface area (Å²) >= 11 is 0. The molecule has 0 atom stereocenters. The van der Waals surface area contributed by atoms with Crippen LogP contribution in [0, 0.1) is 0 Å². The fourth-order valence-electron chi connectivity index (χ4n) is 0. The molecule has 0 aliphatic carbocycles. The monoisotopic (exact) mass is 102 g/mol. The van der Waals surface area contributed by atoms with Crippen LogP contribution < -0.4 is 0 Å². The topological polar surface area (TPSA) is 77.8 Å². The number of hydrogen-bond acceptors (Lipinski definition) is 1. The lowest BCUT2D eigenvalue weighted by atomic mass is 15.8. The third kappa shape index (κ3) is 1510.